The monoisotopic (exact) mass is 331 g/mol. The number of non-ortho nitro benzene ring substituents is 1. The Morgan fingerprint density at radius 1 is 1.30 bits per heavy atom. The van der Waals surface area contributed by atoms with E-state index in [1.165, 1.54) is 12.1 Å². The topological polar surface area (TPSA) is 102 Å². The number of aromatic nitrogens is 3. The highest BCUT2D eigenvalue weighted by Gasteiger charge is 2.17. The van der Waals surface area contributed by atoms with Gasteiger partial charge in [-0.1, -0.05) is 11.6 Å². The van der Waals surface area contributed by atoms with Crippen LogP contribution in [-0.2, 0) is 0 Å². The summed E-state index contributed by atoms with van der Waals surface area (Å²) < 4.78 is 1.62. The first kappa shape index (κ1) is 14.9. The lowest BCUT2D eigenvalue weighted by molar-refractivity contribution is -0.384. The van der Waals surface area contributed by atoms with Gasteiger partial charge in [-0.3, -0.25) is 24.6 Å². The molecular weight excluding hydrogens is 322 g/mol. The molecule has 0 saturated carbocycles. The number of pyridine rings is 1. The van der Waals surface area contributed by atoms with Crippen LogP contribution < -0.4 is 5.32 Å². The predicted molar refractivity (Wildman–Crippen MR) is 83.8 cm³/mol. The maximum Gasteiger partial charge on any atom is 0.270 e. The summed E-state index contributed by atoms with van der Waals surface area (Å²) in [7, 11) is 0. The number of benzene rings is 1. The molecule has 0 unspecified atom stereocenters. The van der Waals surface area contributed by atoms with Crippen LogP contribution in [0, 0.1) is 17.0 Å². The molecule has 0 radical (unpaired) electrons. The number of carbonyl (C=O) groups is 1. The van der Waals surface area contributed by atoms with Crippen molar-refractivity contribution in [2.75, 3.05) is 5.32 Å². The van der Waals surface area contributed by atoms with Gasteiger partial charge in [-0.25, -0.2) is 0 Å². The molecule has 0 aliphatic carbocycles. The highest BCUT2D eigenvalue weighted by Crippen LogP contribution is 2.23. The maximum absolute atomic E-state index is 12.3. The van der Waals surface area contributed by atoms with Crippen LogP contribution in [0.1, 0.15) is 15.9 Å². The number of anilines is 1. The van der Waals surface area contributed by atoms with Crippen LogP contribution in [0.5, 0.6) is 0 Å². The summed E-state index contributed by atoms with van der Waals surface area (Å²) >= 11 is 5.94. The van der Waals surface area contributed by atoms with E-state index in [2.05, 4.69) is 15.5 Å². The van der Waals surface area contributed by atoms with Gasteiger partial charge in [-0.05, 0) is 30.7 Å². The van der Waals surface area contributed by atoms with Gasteiger partial charge in [0.1, 0.15) is 0 Å². The number of nitrogens with zero attached hydrogens (tertiary/aromatic N) is 4. The molecule has 0 aliphatic heterocycles. The van der Waals surface area contributed by atoms with Crippen LogP contribution in [-0.4, -0.2) is 25.4 Å². The zero-order chi connectivity index (χ0) is 16.6. The molecular formula is C14H10ClN5O3. The molecule has 1 N–H and O–H groups in total. The number of rotatable bonds is 3. The third-order valence-electron chi connectivity index (χ3n) is 3.20. The van der Waals surface area contributed by atoms with Gasteiger partial charge in [0.15, 0.2) is 5.65 Å². The zero-order valence-electron chi connectivity index (χ0n) is 11.9. The summed E-state index contributed by atoms with van der Waals surface area (Å²) in [5, 5.41) is 21.1. The van der Waals surface area contributed by atoms with E-state index in [1.807, 2.05) is 19.1 Å². The molecule has 23 heavy (non-hydrogen) atoms. The lowest BCUT2D eigenvalue weighted by Crippen LogP contribution is -2.14. The fraction of sp³-hybridized carbons (Fsp3) is 0.0714. The van der Waals surface area contributed by atoms with Crippen molar-refractivity contribution in [2.24, 2.45) is 0 Å². The largest absolute Gasteiger partial charge is 0.290 e. The van der Waals surface area contributed by atoms with E-state index in [1.54, 1.807) is 10.6 Å². The number of halogens is 1. The minimum absolute atomic E-state index is 0.0126. The Labute approximate surface area is 134 Å². The second-order valence-electron chi connectivity index (χ2n) is 4.83. The van der Waals surface area contributed by atoms with Gasteiger partial charge in [0.25, 0.3) is 11.6 Å². The maximum atomic E-state index is 12.3. The summed E-state index contributed by atoms with van der Waals surface area (Å²) in [4.78, 5) is 22.4. The van der Waals surface area contributed by atoms with E-state index in [4.69, 9.17) is 11.6 Å². The quantitative estimate of drug-likeness (QED) is 0.587. The van der Waals surface area contributed by atoms with Gasteiger partial charge in [0.05, 0.1) is 15.5 Å². The van der Waals surface area contributed by atoms with E-state index in [0.717, 1.165) is 11.6 Å². The highest BCUT2D eigenvalue weighted by molar-refractivity contribution is 6.34. The molecule has 9 heteroatoms. The SMILES string of the molecule is Cc1ccn2c(NC(=O)c3ccc([N+](=O)[O-])cc3Cl)nnc2c1. The van der Waals surface area contributed by atoms with Crippen LogP contribution in [0.15, 0.2) is 36.5 Å². The Morgan fingerprint density at radius 3 is 2.78 bits per heavy atom. The minimum Gasteiger partial charge on any atom is -0.290 e. The van der Waals surface area contributed by atoms with Crippen molar-refractivity contribution < 1.29 is 9.72 Å². The molecule has 0 saturated heterocycles. The summed E-state index contributed by atoms with van der Waals surface area (Å²) in [5.41, 5.74) is 1.53. The number of hydrogen-bond donors (Lipinski definition) is 1. The van der Waals surface area contributed by atoms with Gasteiger partial charge in [0.2, 0.25) is 5.95 Å². The molecule has 1 aromatic carbocycles. The normalized spacial score (nSPS) is 10.7. The Bertz CT molecular complexity index is 937. The van der Waals surface area contributed by atoms with Gasteiger partial charge < -0.3 is 0 Å². The fourth-order valence-electron chi connectivity index (χ4n) is 2.05. The van der Waals surface area contributed by atoms with Crippen LogP contribution in [0.2, 0.25) is 5.02 Å². The minimum atomic E-state index is -0.581. The lowest BCUT2D eigenvalue weighted by Gasteiger charge is -2.05. The van der Waals surface area contributed by atoms with Gasteiger partial charge in [-0.15, -0.1) is 10.2 Å². The van der Waals surface area contributed by atoms with Gasteiger partial charge in [0, 0.05) is 18.3 Å². The molecule has 3 aromatic rings. The van der Waals surface area contributed by atoms with Crippen LogP contribution in [0.25, 0.3) is 5.65 Å². The number of amides is 1. The Morgan fingerprint density at radius 2 is 2.09 bits per heavy atom. The first-order valence-electron chi connectivity index (χ1n) is 6.52. The summed E-state index contributed by atoms with van der Waals surface area (Å²) in [6.07, 6.45) is 1.73. The summed E-state index contributed by atoms with van der Waals surface area (Å²) in [6, 6.07) is 7.31. The average Bonchev–Trinajstić information content (AvgIpc) is 2.88. The molecule has 0 atom stereocenters. The second kappa shape index (κ2) is 5.65. The lowest BCUT2D eigenvalue weighted by atomic mass is 10.2. The third kappa shape index (κ3) is 2.84. The smallest absolute Gasteiger partial charge is 0.270 e. The van der Waals surface area contributed by atoms with E-state index >= 15 is 0 Å². The Kier molecular flexibility index (Phi) is 3.67. The molecule has 3 rings (SSSR count). The second-order valence-corrected chi connectivity index (χ2v) is 5.24. The van der Waals surface area contributed by atoms with Crippen molar-refractivity contribution in [3.8, 4) is 0 Å². The number of carbonyl (C=O) groups excluding carboxylic acids is 1. The summed E-state index contributed by atoms with van der Waals surface area (Å²) in [6.45, 7) is 1.92. The first-order valence-corrected chi connectivity index (χ1v) is 6.90. The van der Waals surface area contributed by atoms with Crippen molar-refractivity contribution in [3.63, 3.8) is 0 Å². The number of nitrogens with one attached hydrogen (secondary N) is 1. The number of hydrogen-bond acceptors (Lipinski definition) is 5. The third-order valence-corrected chi connectivity index (χ3v) is 3.51. The van der Waals surface area contributed by atoms with Gasteiger partial charge >= 0.3 is 0 Å². The molecule has 2 heterocycles. The van der Waals surface area contributed by atoms with E-state index in [-0.39, 0.29) is 22.2 Å². The van der Waals surface area contributed by atoms with Crippen LogP contribution >= 0.6 is 11.6 Å². The van der Waals surface area contributed by atoms with Crippen molar-refractivity contribution >= 4 is 34.8 Å². The van der Waals surface area contributed by atoms with Crippen molar-refractivity contribution in [1.82, 2.24) is 14.6 Å². The molecule has 1 amide bonds. The molecule has 2 aromatic heterocycles. The van der Waals surface area contributed by atoms with E-state index in [0.29, 0.717) is 5.65 Å². The number of aryl methyl sites for hydroxylation is 1. The molecule has 0 fully saturated rings. The van der Waals surface area contributed by atoms with Crippen LogP contribution in [0.4, 0.5) is 11.6 Å². The summed E-state index contributed by atoms with van der Waals surface area (Å²) in [5.74, 6) is -0.292. The molecule has 116 valence electrons. The molecule has 0 aliphatic rings. The molecule has 8 nitrogen and oxygen atoms in total. The van der Waals surface area contributed by atoms with E-state index < -0.39 is 10.8 Å². The standard InChI is InChI=1S/C14H10ClN5O3/c1-8-4-5-19-12(6-8)17-18-14(19)16-13(21)10-3-2-9(20(22)23)7-11(10)15/h2-7H,1H3,(H,16,18,21). The Hall–Kier alpha value is -3.00. The number of nitro groups is 1. The van der Waals surface area contributed by atoms with Crippen molar-refractivity contribution in [3.05, 3.63) is 62.8 Å². The van der Waals surface area contributed by atoms with Crippen molar-refractivity contribution in [1.29, 1.82) is 0 Å². The molecule has 0 bridgehead atoms. The van der Waals surface area contributed by atoms with Crippen LogP contribution in [0.3, 0.4) is 0 Å². The number of fused-ring (bicyclic) bond motifs is 1. The van der Waals surface area contributed by atoms with Gasteiger partial charge in [-0.2, -0.15) is 0 Å². The Balaban J connectivity index is 1.90. The number of nitro benzene ring substituents is 1. The zero-order valence-corrected chi connectivity index (χ0v) is 12.6. The highest BCUT2D eigenvalue weighted by atomic mass is 35.5. The molecule has 0 spiro atoms. The van der Waals surface area contributed by atoms with Crippen molar-refractivity contribution in [2.45, 2.75) is 6.92 Å². The van der Waals surface area contributed by atoms with E-state index in [9.17, 15) is 14.9 Å². The average molecular weight is 332 g/mol. The predicted octanol–water partition coefficient (Wildman–Crippen LogP) is 2.85. The fourth-order valence-corrected chi connectivity index (χ4v) is 2.31. The first-order chi connectivity index (χ1) is 11.0.